The molecule has 0 saturated carbocycles. The highest BCUT2D eigenvalue weighted by Gasteiger charge is 2.21. The van der Waals surface area contributed by atoms with E-state index >= 15 is 0 Å². The van der Waals surface area contributed by atoms with Crippen LogP contribution in [0.5, 0.6) is 0 Å². The summed E-state index contributed by atoms with van der Waals surface area (Å²) < 4.78 is 11.4. The summed E-state index contributed by atoms with van der Waals surface area (Å²) in [7, 11) is 0. The van der Waals surface area contributed by atoms with Crippen molar-refractivity contribution in [2.75, 3.05) is 32.9 Å². The number of morpholine rings is 1. The molecule has 1 amide bonds. The molecule has 1 fully saturated rings. The third-order valence-electron chi connectivity index (χ3n) is 3.72. The van der Waals surface area contributed by atoms with Crippen LogP contribution in [-0.2, 0) is 14.3 Å². The number of esters is 1. The van der Waals surface area contributed by atoms with Crippen LogP contribution in [0.2, 0.25) is 0 Å². The number of benzene rings is 1. The summed E-state index contributed by atoms with van der Waals surface area (Å²) in [5.41, 5.74) is 0.907. The second-order valence-corrected chi connectivity index (χ2v) is 6.17. The number of ether oxygens (including phenoxy) is 2. The molecule has 116 valence electrons. The Labute approximate surface area is 132 Å². The zero-order valence-electron chi connectivity index (χ0n) is 12.3. The number of aryl methyl sites for hydroxylation is 1. The van der Waals surface area contributed by atoms with Crippen molar-refractivity contribution in [3.63, 3.8) is 0 Å². The predicted molar refractivity (Wildman–Crippen MR) is 84.2 cm³/mol. The Hall–Kier alpha value is -1.92. The van der Waals surface area contributed by atoms with Gasteiger partial charge < -0.3 is 14.4 Å². The van der Waals surface area contributed by atoms with Crippen molar-refractivity contribution < 1.29 is 19.1 Å². The van der Waals surface area contributed by atoms with Crippen LogP contribution >= 0.6 is 11.3 Å². The zero-order chi connectivity index (χ0) is 15.5. The van der Waals surface area contributed by atoms with E-state index in [-0.39, 0.29) is 12.5 Å². The second-order valence-electron chi connectivity index (χ2n) is 5.12. The van der Waals surface area contributed by atoms with E-state index in [2.05, 4.69) is 0 Å². The first-order valence-electron chi connectivity index (χ1n) is 7.17. The van der Waals surface area contributed by atoms with Crippen LogP contribution in [0.15, 0.2) is 24.3 Å². The molecule has 0 atom stereocenters. The van der Waals surface area contributed by atoms with Gasteiger partial charge in [0.05, 0.1) is 13.2 Å². The quantitative estimate of drug-likeness (QED) is 0.814. The molecule has 1 aromatic carbocycles. The van der Waals surface area contributed by atoms with Crippen molar-refractivity contribution >= 4 is 33.3 Å². The molecule has 0 bridgehead atoms. The second kappa shape index (κ2) is 6.46. The van der Waals surface area contributed by atoms with Crippen molar-refractivity contribution in [3.05, 3.63) is 34.7 Å². The number of amides is 1. The Kier molecular flexibility index (Phi) is 4.40. The number of carbonyl (C=O) groups excluding carboxylic acids is 2. The van der Waals surface area contributed by atoms with Crippen LogP contribution in [0.1, 0.15) is 15.2 Å². The lowest BCUT2D eigenvalue weighted by Gasteiger charge is -2.26. The van der Waals surface area contributed by atoms with Crippen molar-refractivity contribution in [3.8, 4) is 0 Å². The summed E-state index contributed by atoms with van der Waals surface area (Å²) in [5, 5.41) is 1.05. The number of thiophene rings is 1. The Balaban J connectivity index is 1.66. The molecular formula is C16H17NO4S. The Morgan fingerprint density at radius 1 is 1.27 bits per heavy atom. The van der Waals surface area contributed by atoms with E-state index < -0.39 is 5.97 Å². The first-order valence-corrected chi connectivity index (χ1v) is 7.99. The highest BCUT2D eigenvalue weighted by atomic mass is 32.1. The lowest BCUT2D eigenvalue weighted by molar-refractivity contribution is -0.138. The largest absolute Gasteiger partial charge is 0.451 e. The average Bonchev–Trinajstić information content (AvgIpc) is 2.90. The molecule has 1 aliphatic rings. The fourth-order valence-corrected chi connectivity index (χ4v) is 3.57. The summed E-state index contributed by atoms with van der Waals surface area (Å²) in [6, 6.07) is 7.84. The Morgan fingerprint density at radius 2 is 2.00 bits per heavy atom. The Morgan fingerprint density at radius 3 is 2.73 bits per heavy atom. The minimum Gasteiger partial charge on any atom is -0.451 e. The van der Waals surface area contributed by atoms with Gasteiger partial charge in [-0.05, 0) is 23.9 Å². The maximum atomic E-state index is 12.2. The maximum absolute atomic E-state index is 12.2. The highest BCUT2D eigenvalue weighted by Crippen LogP contribution is 2.30. The van der Waals surface area contributed by atoms with Gasteiger partial charge in [0.2, 0.25) is 0 Å². The summed E-state index contributed by atoms with van der Waals surface area (Å²) in [6.07, 6.45) is 0. The summed E-state index contributed by atoms with van der Waals surface area (Å²) >= 11 is 1.40. The van der Waals surface area contributed by atoms with Crippen LogP contribution in [0.25, 0.3) is 10.1 Å². The number of nitrogens with zero attached hydrogens (tertiary/aromatic N) is 1. The van der Waals surface area contributed by atoms with Gasteiger partial charge in [-0.1, -0.05) is 18.2 Å². The van der Waals surface area contributed by atoms with E-state index in [0.717, 1.165) is 15.6 Å². The molecule has 1 saturated heterocycles. The number of hydrogen-bond acceptors (Lipinski definition) is 5. The van der Waals surface area contributed by atoms with Crippen LogP contribution in [-0.4, -0.2) is 49.7 Å². The predicted octanol–water partition coefficient (Wildman–Crippen LogP) is 2.23. The summed E-state index contributed by atoms with van der Waals surface area (Å²) in [4.78, 5) is 26.4. The van der Waals surface area contributed by atoms with Gasteiger partial charge in [-0.25, -0.2) is 4.79 Å². The van der Waals surface area contributed by atoms with E-state index in [1.807, 2.05) is 31.2 Å². The molecule has 0 radical (unpaired) electrons. The third kappa shape index (κ3) is 2.98. The van der Waals surface area contributed by atoms with E-state index in [4.69, 9.17) is 9.47 Å². The van der Waals surface area contributed by atoms with Gasteiger partial charge in [0.25, 0.3) is 5.91 Å². The van der Waals surface area contributed by atoms with Gasteiger partial charge in [0.15, 0.2) is 6.61 Å². The third-order valence-corrected chi connectivity index (χ3v) is 4.97. The summed E-state index contributed by atoms with van der Waals surface area (Å²) in [5.74, 6) is -0.601. The lowest BCUT2D eigenvalue weighted by atomic mass is 10.1. The van der Waals surface area contributed by atoms with Crippen LogP contribution in [0.4, 0.5) is 0 Å². The van der Waals surface area contributed by atoms with Gasteiger partial charge in [-0.3, -0.25) is 4.79 Å². The maximum Gasteiger partial charge on any atom is 0.349 e. The number of hydrogen-bond donors (Lipinski definition) is 0. The number of carbonyl (C=O) groups is 2. The van der Waals surface area contributed by atoms with E-state index in [1.165, 1.54) is 11.3 Å². The Bertz CT molecular complexity index is 703. The van der Waals surface area contributed by atoms with Gasteiger partial charge in [-0.2, -0.15) is 0 Å². The number of rotatable bonds is 3. The summed E-state index contributed by atoms with van der Waals surface area (Å²) in [6.45, 7) is 3.87. The van der Waals surface area contributed by atoms with Crippen molar-refractivity contribution in [2.24, 2.45) is 0 Å². The average molecular weight is 319 g/mol. The molecule has 5 nitrogen and oxygen atoms in total. The molecule has 1 aromatic heterocycles. The van der Waals surface area contributed by atoms with Gasteiger partial charge in [-0.15, -0.1) is 11.3 Å². The first-order chi connectivity index (χ1) is 10.7. The van der Waals surface area contributed by atoms with Gasteiger partial charge >= 0.3 is 5.97 Å². The molecule has 22 heavy (non-hydrogen) atoms. The molecule has 2 aromatic rings. The molecule has 3 rings (SSSR count). The van der Waals surface area contributed by atoms with Gasteiger partial charge in [0.1, 0.15) is 4.88 Å². The van der Waals surface area contributed by atoms with Crippen LogP contribution < -0.4 is 0 Å². The number of fused-ring (bicyclic) bond motifs is 1. The van der Waals surface area contributed by atoms with E-state index in [0.29, 0.717) is 31.2 Å². The SMILES string of the molecule is Cc1c(C(=O)OCC(=O)N2CCOCC2)sc2ccccc12. The minimum atomic E-state index is -0.430. The van der Waals surface area contributed by atoms with E-state index in [9.17, 15) is 9.59 Å². The minimum absolute atomic E-state index is 0.171. The van der Waals surface area contributed by atoms with Crippen molar-refractivity contribution in [2.45, 2.75) is 6.92 Å². The van der Waals surface area contributed by atoms with E-state index in [1.54, 1.807) is 4.90 Å². The molecule has 0 unspecified atom stereocenters. The zero-order valence-corrected chi connectivity index (χ0v) is 13.1. The highest BCUT2D eigenvalue weighted by molar-refractivity contribution is 7.21. The van der Waals surface area contributed by atoms with Gasteiger partial charge in [0, 0.05) is 17.8 Å². The van der Waals surface area contributed by atoms with Crippen molar-refractivity contribution in [1.82, 2.24) is 4.90 Å². The van der Waals surface area contributed by atoms with Crippen LogP contribution in [0.3, 0.4) is 0 Å². The molecular weight excluding hydrogens is 302 g/mol. The lowest BCUT2D eigenvalue weighted by Crippen LogP contribution is -2.42. The molecule has 2 heterocycles. The molecule has 1 aliphatic heterocycles. The van der Waals surface area contributed by atoms with Crippen LogP contribution in [0, 0.1) is 6.92 Å². The normalized spacial score (nSPS) is 15.0. The van der Waals surface area contributed by atoms with Crippen molar-refractivity contribution in [1.29, 1.82) is 0 Å². The fourth-order valence-electron chi connectivity index (χ4n) is 2.47. The molecule has 0 aliphatic carbocycles. The first kappa shape index (κ1) is 15.0. The smallest absolute Gasteiger partial charge is 0.349 e. The topological polar surface area (TPSA) is 55.8 Å². The molecule has 6 heteroatoms. The molecule has 0 N–H and O–H groups in total. The standard InChI is InChI=1S/C16H17NO4S/c1-11-12-4-2-3-5-13(12)22-15(11)16(19)21-10-14(18)17-6-8-20-9-7-17/h2-5H,6-10H2,1H3. The molecule has 0 spiro atoms. The fraction of sp³-hybridized carbons (Fsp3) is 0.375. The monoisotopic (exact) mass is 319 g/mol.